The van der Waals surface area contributed by atoms with Crippen LogP contribution in [0, 0.1) is 0 Å². The smallest absolute Gasteiger partial charge is 0.229 e. The van der Waals surface area contributed by atoms with Crippen molar-refractivity contribution in [1.82, 2.24) is 0 Å². The van der Waals surface area contributed by atoms with Gasteiger partial charge in [-0.15, -0.1) is 0 Å². The largest absolute Gasteiger partial charge is 0.381 e. The van der Waals surface area contributed by atoms with Gasteiger partial charge in [0.05, 0.1) is 6.26 Å². The second-order valence-electron chi connectivity index (χ2n) is 6.11. The van der Waals surface area contributed by atoms with Gasteiger partial charge in [-0.2, -0.15) is 0 Å². The van der Waals surface area contributed by atoms with Gasteiger partial charge in [-0.1, -0.05) is 0 Å². The molecule has 22 heavy (non-hydrogen) atoms. The number of rotatable bonds is 4. The number of hydrogen-bond donors (Lipinski definition) is 1. The predicted octanol–water partition coefficient (Wildman–Crippen LogP) is 1.90. The summed E-state index contributed by atoms with van der Waals surface area (Å²) in [5.74, 6) is 0. The van der Waals surface area contributed by atoms with E-state index in [4.69, 9.17) is 4.74 Å². The Morgan fingerprint density at radius 1 is 1.36 bits per heavy atom. The van der Waals surface area contributed by atoms with Crippen LogP contribution in [0.15, 0.2) is 18.2 Å². The zero-order valence-corrected chi connectivity index (χ0v) is 13.5. The zero-order valence-electron chi connectivity index (χ0n) is 12.6. The van der Waals surface area contributed by atoms with Gasteiger partial charge < -0.3 is 9.64 Å². The van der Waals surface area contributed by atoms with Gasteiger partial charge in [-0.05, 0) is 36.6 Å². The summed E-state index contributed by atoms with van der Waals surface area (Å²) in [6.07, 6.45) is 2.90. The fraction of sp³-hybridized carbons (Fsp3) is 0.600. The Kier molecular flexibility index (Phi) is 4.03. The SMILES string of the molecule is CS(=O)(=O)Nc1ccc2c(c1)C1(CCOCC1)CN2CCF. The van der Waals surface area contributed by atoms with Crippen LogP contribution < -0.4 is 9.62 Å². The molecular weight excluding hydrogens is 307 g/mol. The topological polar surface area (TPSA) is 58.6 Å². The molecule has 1 fully saturated rings. The molecule has 0 unspecified atom stereocenters. The minimum Gasteiger partial charge on any atom is -0.381 e. The molecule has 2 aliphatic heterocycles. The standard InChI is InChI=1S/C15H21FN2O3S/c1-22(19,20)17-12-2-3-14-13(10-12)15(4-8-21-9-5-15)11-18(14)7-6-16/h2-3,10,17H,4-9,11H2,1H3. The maximum atomic E-state index is 12.8. The van der Waals surface area contributed by atoms with Gasteiger partial charge in [0.15, 0.2) is 0 Å². The Labute approximate surface area is 130 Å². The third-order valence-electron chi connectivity index (χ3n) is 4.51. The van der Waals surface area contributed by atoms with Gasteiger partial charge in [0.2, 0.25) is 10.0 Å². The first kappa shape index (κ1) is 15.6. The van der Waals surface area contributed by atoms with Crippen molar-refractivity contribution in [3.05, 3.63) is 23.8 Å². The Hall–Kier alpha value is -1.34. The Morgan fingerprint density at radius 2 is 2.09 bits per heavy atom. The molecule has 0 aliphatic carbocycles. The third kappa shape index (κ3) is 2.92. The summed E-state index contributed by atoms with van der Waals surface area (Å²) in [4.78, 5) is 2.06. The van der Waals surface area contributed by atoms with Crippen LogP contribution in [0.5, 0.6) is 0 Å². The van der Waals surface area contributed by atoms with E-state index in [2.05, 4.69) is 9.62 Å². The van der Waals surface area contributed by atoms with Crippen molar-refractivity contribution < 1.29 is 17.5 Å². The summed E-state index contributed by atoms with van der Waals surface area (Å²) < 4.78 is 43.7. The van der Waals surface area contributed by atoms with Crippen molar-refractivity contribution in [1.29, 1.82) is 0 Å². The fourth-order valence-electron chi connectivity index (χ4n) is 3.54. The number of benzene rings is 1. The minimum atomic E-state index is -3.31. The van der Waals surface area contributed by atoms with E-state index in [1.807, 2.05) is 12.1 Å². The number of alkyl halides is 1. The lowest BCUT2D eigenvalue weighted by atomic mass is 9.76. The van der Waals surface area contributed by atoms with Gasteiger partial charge in [0.1, 0.15) is 6.67 Å². The first-order chi connectivity index (χ1) is 10.4. The summed E-state index contributed by atoms with van der Waals surface area (Å²) in [6.45, 7) is 2.13. The van der Waals surface area contributed by atoms with Crippen molar-refractivity contribution in [3.63, 3.8) is 0 Å². The van der Waals surface area contributed by atoms with Crippen molar-refractivity contribution in [2.75, 3.05) is 48.9 Å². The summed E-state index contributed by atoms with van der Waals surface area (Å²) in [5.41, 5.74) is 2.63. The molecule has 5 nitrogen and oxygen atoms in total. The number of nitrogens with one attached hydrogen (secondary N) is 1. The molecule has 0 aromatic heterocycles. The number of ether oxygens (including phenoxy) is 1. The molecule has 0 atom stereocenters. The lowest BCUT2D eigenvalue weighted by Gasteiger charge is -2.34. The van der Waals surface area contributed by atoms with E-state index in [0.717, 1.165) is 36.9 Å². The lowest BCUT2D eigenvalue weighted by molar-refractivity contribution is 0.0553. The number of halogens is 1. The number of sulfonamides is 1. The molecule has 3 rings (SSSR count). The molecule has 1 aromatic rings. The molecule has 2 heterocycles. The van der Waals surface area contributed by atoms with Crippen LogP contribution in [0.1, 0.15) is 18.4 Å². The summed E-state index contributed by atoms with van der Waals surface area (Å²) in [5, 5.41) is 0. The molecule has 122 valence electrons. The molecular formula is C15H21FN2O3S. The molecule has 1 N–H and O–H groups in total. The Balaban J connectivity index is 2.00. The first-order valence-corrected chi connectivity index (χ1v) is 9.34. The monoisotopic (exact) mass is 328 g/mol. The van der Waals surface area contributed by atoms with Crippen LogP contribution in [0.3, 0.4) is 0 Å². The number of fused-ring (bicyclic) bond motifs is 2. The second kappa shape index (κ2) is 5.70. The van der Waals surface area contributed by atoms with E-state index >= 15 is 0 Å². The van der Waals surface area contributed by atoms with Gasteiger partial charge in [-0.3, -0.25) is 4.72 Å². The van der Waals surface area contributed by atoms with Gasteiger partial charge in [0.25, 0.3) is 0 Å². The highest BCUT2D eigenvalue weighted by Crippen LogP contribution is 2.47. The summed E-state index contributed by atoms with van der Waals surface area (Å²) in [7, 11) is -3.31. The van der Waals surface area contributed by atoms with Crippen LogP contribution in [0.4, 0.5) is 15.8 Å². The van der Waals surface area contributed by atoms with Crippen molar-refractivity contribution in [3.8, 4) is 0 Å². The highest BCUT2D eigenvalue weighted by Gasteiger charge is 2.43. The van der Waals surface area contributed by atoms with Crippen molar-refractivity contribution in [2.45, 2.75) is 18.3 Å². The van der Waals surface area contributed by atoms with Crippen LogP contribution >= 0.6 is 0 Å². The highest BCUT2D eigenvalue weighted by molar-refractivity contribution is 7.92. The molecule has 1 spiro atoms. The lowest BCUT2D eigenvalue weighted by Crippen LogP contribution is -2.39. The highest BCUT2D eigenvalue weighted by atomic mass is 32.2. The zero-order chi connectivity index (χ0) is 15.8. The van der Waals surface area contributed by atoms with E-state index in [-0.39, 0.29) is 5.41 Å². The van der Waals surface area contributed by atoms with Crippen molar-refractivity contribution >= 4 is 21.4 Å². The van der Waals surface area contributed by atoms with Gasteiger partial charge in [0, 0.05) is 43.1 Å². The quantitative estimate of drug-likeness (QED) is 0.917. The van der Waals surface area contributed by atoms with E-state index in [0.29, 0.717) is 25.4 Å². The third-order valence-corrected chi connectivity index (χ3v) is 5.12. The molecule has 0 amide bonds. The van der Waals surface area contributed by atoms with Crippen molar-refractivity contribution in [2.24, 2.45) is 0 Å². The molecule has 2 aliphatic rings. The molecule has 0 radical (unpaired) electrons. The number of nitrogens with zero attached hydrogens (tertiary/aromatic N) is 1. The molecule has 1 aromatic carbocycles. The molecule has 1 saturated heterocycles. The number of anilines is 2. The average molecular weight is 328 g/mol. The first-order valence-electron chi connectivity index (χ1n) is 7.45. The van der Waals surface area contributed by atoms with E-state index in [1.54, 1.807) is 6.07 Å². The fourth-order valence-corrected chi connectivity index (χ4v) is 4.10. The normalized spacial score (nSPS) is 20.2. The summed E-state index contributed by atoms with van der Waals surface area (Å²) >= 11 is 0. The second-order valence-corrected chi connectivity index (χ2v) is 7.86. The molecule has 0 bridgehead atoms. The van der Waals surface area contributed by atoms with Crippen LogP contribution in [-0.4, -0.2) is 47.7 Å². The molecule has 7 heteroatoms. The van der Waals surface area contributed by atoms with Crippen LogP contribution in [0.25, 0.3) is 0 Å². The predicted molar refractivity (Wildman–Crippen MR) is 84.8 cm³/mol. The van der Waals surface area contributed by atoms with Crippen LogP contribution in [-0.2, 0) is 20.2 Å². The van der Waals surface area contributed by atoms with E-state index in [1.165, 1.54) is 0 Å². The van der Waals surface area contributed by atoms with Gasteiger partial charge in [-0.25, -0.2) is 12.8 Å². The maximum Gasteiger partial charge on any atom is 0.229 e. The average Bonchev–Trinajstić information content (AvgIpc) is 2.72. The Morgan fingerprint density at radius 3 is 2.73 bits per heavy atom. The maximum absolute atomic E-state index is 12.8. The minimum absolute atomic E-state index is 0.0576. The van der Waals surface area contributed by atoms with Crippen LogP contribution in [0.2, 0.25) is 0 Å². The van der Waals surface area contributed by atoms with Gasteiger partial charge >= 0.3 is 0 Å². The van der Waals surface area contributed by atoms with E-state index in [9.17, 15) is 12.8 Å². The Bertz CT molecular complexity index is 657. The number of hydrogen-bond acceptors (Lipinski definition) is 4. The molecule has 0 saturated carbocycles. The van der Waals surface area contributed by atoms with E-state index < -0.39 is 16.7 Å². The summed E-state index contributed by atoms with van der Waals surface area (Å²) in [6, 6.07) is 5.53.